The van der Waals surface area contributed by atoms with Gasteiger partial charge in [0.1, 0.15) is 5.75 Å². The van der Waals surface area contributed by atoms with Crippen molar-refractivity contribution in [1.29, 1.82) is 0 Å². The SMILES string of the molecule is CCCOc1ccc(CNCCc2ccncc2)cc1. The standard InChI is InChI=1S/C17H22N2O/c1-2-13-20-17-5-3-16(4-6-17)14-19-12-9-15-7-10-18-11-8-15/h3-8,10-11,19H,2,9,12-14H2,1H3. The minimum Gasteiger partial charge on any atom is -0.494 e. The molecule has 3 nitrogen and oxygen atoms in total. The van der Waals surface area contributed by atoms with E-state index < -0.39 is 0 Å². The van der Waals surface area contributed by atoms with E-state index in [0.29, 0.717) is 0 Å². The highest BCUT2D eigenvalue weighted by Crippen LogP contribution is 2.12. The van der Waals surface area contributed by atoms with Gasteiger partial charge in [-0.25, -0.2) is 0 Å². The zero-order chi connectivity index (χ0) is 14.0. The van der Waals surface area contributed by atoms with E-state index >= 15 is 0 Å². The third-order valence-electron chi connectivity index (χ3n) is 3.07. The topological polar surface area (TPSA) is 34.1 Å². The summed E-state index contributed by atoms with van der Waals surface area (Å²) in [6, 6.07) is 12.4. The van der Waals surface area contributed by atoms with Crippen LogP contribution in [0.3, 0.4) is 0 Å². The Labute approximate surface area is 121 Å². The normalized spacial score (nSPS) is 10.4. The summed E-state index contributed by atoms with van der Waals surface area (Å²) in [7, 11) is 0. The predicted molar refractivity (Wildman–Crippen MR) is 81.9 cm³/mol. The maximum absolute atomic E-state index is 5.57. The molecule has 0 unspecified atom stereocenters. The Bertz CT molecular complexity index is 482. The minimum absolute atomic E-state index is 0.781. The molecule has 0 bridgehead atoms. The van der Waals surface area contributed by atoms with E-state index in [4.69, 9.17) is 4.74 Å². The lowest BCUT2D eigenvalue weighted by Crippen LogP contribution is -2.16. The smallest absolute Gasteiger partial charge is 0.119 e. The molecule has 1 aromatic heterocycles. The van der Waals surface area contributed by atoms with E-state index in [2.05, 4.69) is 41.5 Å². The Balaban J connectivity index is 1.69. The van der Waals surface area contributed by atoms with Crippen LogP contribution < -0.4 is 10.1 Å². The number of nitrogens with one attached hydrogen (secondary N) is 1. The van der Waals surface area contributed by atoms with Gasteiger partial charge < -0.3 is 10.1 Å². The average Bonchev–Trinajstić information content (AvgIpc) is 2.52. The molecular weight excluding hydrogens is 248 g/mol. The molecular formula is C17H22N2O. The molecule has 0 saturated carbocycles. The lowest BCUT2D eigenvalue weighted by molar-refractivity contribution is 0.317. The van der Waals surface area contributed by atoms with Gasteiger partial charge in [0.05, 0.1) is 6.61 Å². The Morgan fingerprint density at radius 3 is 2.45 bits per heavy atom. The highest BCUT2D eigenvalue weighted by Gasteiger charge is 1.96. The van der Waals surface area contributed by atoms with Gasteiger partial charge >= 0.3 is 0 Å². The van der Waals surface area contributed by atoms with Gasteiger partial charge in [-0.05, 0) is 54.8 Å². The number of benzene rings is 1. The first-order chi connectivity index (χ1) is 9.88. The number of hydrogen-bond acceptors (Lipinski definition) is 3. The van der Waals surface area contributed by atoms with Crippen LogP contribution in [-0.2, 0) is 13.0 Å². The van der Waals surface area contributed by atoms with E-state index in [0.717, 1.165) is 38.3 Å². The minimum atomic E-state index is 0.781. The van der Waals surface area contributed by atoms with Gasteiger partial charge in [-0.15, -0.1) is 0 Å². The fourth-order valence-corrected chi connectivity index (χ4v) is 1.94. The van der Waals surface area contributed by atoms with E-state index in [1.54, 1.807) is 0 Å². The maximum atomic E-state index is 5.57. The Morgan fingerprint density at radius 2 is 1.75 bits per heavy atom. The second kappa shape index (κ2) is 8.33. The lowest BCUT2D eigenvalue weighted by atomic mass is 10.2. The van der Waals surface area contributed by atoms with Crippen molar-refractivity contribution < 1.29 is 4.74 Å². The second-order valence-corrected chi connectivity index (χ2v) is 4.77. The first-order valence-electron chi connectivity index (χ1n) is 7.20. The highest BCUT2D eigenvalue weighted by molar-refractivity contribution is 5.27. The van der Waals surface area contributed by atoms with Crippen LogP contribution in [0.15, 0.2) is 48.8 Å². The molecule has 0 aliphatic rings. The van der Waals surface area contributed by atoms with E-state index in [1.165, 1.54) is 11.1 Å². The van der Waals surface area contributed by atoms with E-state index in [-0.39, 0.29) is 0 Å². The Morgan fingerprint density at radius 1 is 1.00 bits per heavy atom. The third-order valence-corrected chi connectivity index (χ3v) is 3.07. The molecule has 0 fully saturated rings. The van der Waals surface area contributed by atoms with Crippen molar-refractivity contribution in [3.05, 3.63) is 59.9 Å². The molecule has 1 N–H and O–H groups in total. The van der Waals surface area contributed by atoms with Gasteiger partial charge in [-0.1, -0.05) is 19.1 Å². The van der Waals surface area contributed by atoms with Gasteiger partial charge in [0, 0.05) is 18.9 Å². The molecule has 2 aromatic rings. The zero-order valence-electron chi connectivity index (χ0n) is 12.0. The van der Waals surface area contributed by atoms with Gasteiger partial charge in [0.2, 0.25) is 0 Å². The number of hydrogen-bond donors (Lipinski definition) is 1. The lowest BCUT2D eigenvalue weighted by Gasteiger charge is -2.07. The fourth-order valence-electron chi connectivity index (χ4n) is 1.94. The van der Waals surface area contributed by atoms with Crippen molar-refractivity contribution in [2.75, 3.05) is 13.2 Å². The summed E-state index contributed by atoms with van der Waals surface area (Å²) < 4.78 is 5.57. The summed E-state index contributed by atoms with van der Waals surface area (Å²) in [6.45, 7) is 4.75. The van der Waals surface area contributed by atoms with Crippen molar-refractivity contribution in [1.82, 2.24) is 10.3 Å². The molecule has 106 valence electrons. The number of pyridine rings is 1. The molecule has 0 atom stereocenters. The molecule has 1 heterocycles. The van der Waals surface area contributed by atoms with Crippen molar-refractivity contribution in [3.8, 4) is 5.75 Å². The molecule has 2 rings (SSSR count). The van der Waals surface area contributed by atoms with Crippen LogP contribution in [0.5, 0.6) is 5.75 Å². The zero-order valence-corrected chi connectivity index (χ0v) is 12.0. The quantitative estimate of drug-likeness (QED) is 0.748. The third kappa shape index (κ3) is 5.02. The largest absolute Gasteiger partial charge is 0.494 e. The monoisotopic (exact) mass is 270 g/mol. The summed E-state index contributed by atoms with van der Waals surface area (Å²) >= 11 is 0. The number of ether oxygens (including phenoxy) is 1. The molecule has 0 aliphatic carbocycles. The molecule has 0 spiro atoms. The van der Waals surface area contributed by atoms with Crippen LogP contribution >= 0.6 is 0 Å². The van der Waals surface area contributed by atoms with Gasteiger partial charge in [0.15, 0.2) is 0 Å². The highest BCUT2D eigenvalue weighted by atomic mass is 16.5. The maximum Gasteiger partial charge on any atom is 0.119 e. The first-order valence-corrected chi connectivity index (χ1v) is 7.20. The molecule has 0 amide bonds. The summed E-state index contributed by atoms with van der Waals surface area (Å²) in [5.74, 6) is 0.951. The molecule has 1 aromatic carbocycles. The molecule has 0 saturated heterocycles. The Hall–Kier alpha value is -1.87. The number of aromatic nitrogens is 1. The van der Waals surface area contributed by atoms with Gasteiger partial charge in [-0.3, -0.25) is 4.98 Å². The predicted octanol–water partition coefficient (Wildman–Crippen LogP) is 3.20. The van der Waals surface area contributed by atoms with E-state index in [9.17, 15) is 0 Å². The van der Waals surface area contributed by atoms with E-state index in [1.807, 2.05) is 24.5 Å². The fraction of sp³-hybridized carbons (Fsp3) is 0.353. The number of nitrogens with zero attached hydrogens (tertiary/aromatic N) is 1. The van der Waals surface area contributed by atoms with Crippen LogP contribution in [0, 0.1) is 0 Å². The van der Waals surface area contributed by atoms with Crippen molar-refractivity contribution in [2.24, 2.45) is 0 Å². The summed E-state index contributed by atoms with van der Waals surface area (Å²) in [6.07, 6.45) is 5.74. The molecule has 20 heavy (non-hydrogen) atoms. The Kier molecular flexibility index (Phi) is 6.06. The van der Waals surface area contributed by atoms with Crippen LogP contribution in [0.2, 0.25) is 0 Å². The summed E-state index contributed by atoms with van der Waals surface area (Å²) in [4.78, 5) is 4.02. The van der Waals surface area contributed by atoms with Crippen LogP contribution in [0.25, 0.3) is 0 Å². The number of rotatable bonds is 8. The first kappa shape index (κ1) is 14.5. The molecule has 3 heteroatoms. The van der Waals surface area contributed by atoms with Gasteiger partial charge in [0.25, 0.3) is 0 Å². The molecule has 0 aliphatic heterocycles. The van der Waals surface area contributed by atoms with Crippen LogP contribution in [-0.4, -0.2) is 18.1 Å². The summed E-state index contributed by atoms with van der Waals surface area (Å²) in [5.41, 5.74) is 2.60. The average molecular weight is 270 g/mol. The van der Waals surface area contributed by atoms with Crippen LogP contribution in [0.4, 0.5) is 0 Å². The molecule has 0 radical (unpaired) electrons. The summed E-state index contributed by atoms with van der Waals surface area (Å²) in [5, 5.41) is 3.45. The van der Waals surface area contributed by atoms with Crippen LogP contribution in [0.1, 0.15) is 24.5 Å². The van der Waals surface area contributed by atoms with Crippen molar-refractivity contribution >= 4 is 0 Å². The second-order valence-electron chi connectivity index (χ2n) is 4.77. The van der Waals surface area contributed by atoms with Crippen molar-refractivity contribution in [2.45, 2.75) is 26.3 Å². The van der Waals surface area contributed by atoms with Gasteiger partial charge in [-0.2, -0.15) is 0 Å². The van der Waals surface area contributed by atoms with Crippen molar-refractivity contribution in [3.63, 3.8) is 0 Å².